The first kappa shape index (κ1) is 16.7. The van der Waals surface area contributed by atoms with Gasteiger partial charge in [-0.15, -0.1) is 0 Å². The van der Waals surface area contributed by atoms with E-state index in [1.54, 1.807) is 0 Å². The summed E-state index contributed by atoms with van der Waals surface area (Å²) in [4.78, 5) is 2.55. The van der Waals surface area contributed by atoms with E-state index in [0.29, 0.717) is 0 Å². The second-order valence-corrected chi connectivity index (χ2v) is 5.18. The SMILES string of the molecule is CCCN(CCC)CCCNCc1ccc(C#N)cc1. The third-order valence-corrected chi connectivity index (χ3v) is 3.32. The van der Waals surface area contributed by atoms with E-state index in [1.807, 2.05) is 24.3 Å². The Hall–Kier alpha value is -1.37. The van der Waals surface area contributed by atoms with E-state index in [9.17, 15) is 0 Å². The summed E-state index contributed by atoms with van der Waals surface area (Å²) in [5.41, 5.74) is 1.96. The zero-order valence-electron chi connectivity index (χ0n) is 12.9. The summed E-state index contributed by atoms with van der Waals surface area (Å²) in [7, 11) is 0. The topological polar surface area (TPSA) is 39.1 Å². The summed E-state index contributed by atoms with van der Waals surface area (Å²) in [6, 6.07) is 9.93. The van der Waals surface area contributed by atoms with Crippen LogP contribution in [-0.4, -0.2) is 31.1 Å². The molecule has 0 unspecified atom stereocenters. The largest absolute Gasteiger partial charge is 0.313 e. The molecule has 110 valence electrons. The van der Waals surface area contributed by atoms with Crippen LogP contribution in [0.15, 0.2) is 24.3 Å². The van der Waals surface area contributed by atoms with Crippen molar-refractivity contribution in [2.45, 2.75) is 39.7 Å². The molecule has 3 heteroatoms. The number of nitrogens with zero attached hydrogens (tertiary/aromatic N) is 2. The number of nitrogens with one attached hydrogen (secondary N) is 1. The second kappa shape index (κ2) is 10.4. The summed E-state index contributed by atoms with van der Waals surface area (Å²) in [5, 5.41) is 12.2. The van der Waals surface area contributed by atoms with Gasteiger partial charge in [0, 0.05) is 6.54 Å². The van der Waals surface area contributed by atoms with Gasteiger partial charge >= 0.3 is 0 Å². The fourth-order valence-corrected chi connectivity index (χ4v) is 2.33. The number of nitriles is 1. The maximum atomic E-state index is 8.74. The van der Waals surface area contributed by atoms with Crippen molar-refractivity contribution in [3.05, 3.63) is 35.4 Å². The van der Waals surface area contributed by atoms with Crippen LogP contribution in [-0.2, 0) is 6.54 Å². The van der Waals surface area contributed by atoms with E-state index in [-0.39, 0.29) is 0 Å². The predicted molar refractivity (Wildman–Crippen MR) is 84.5 cm³/mol. The van der Waals surface area contributed by atoms with Gasteiger partial charge in [0.2, 0.25) is 0 Å². The van der Waals surface area contributed by atoms with Crippen LogP contribution in [0.3, 0.4) is 0 Å². The van der Waals surface area contributed by atoms with Crippen molar-refractivity contribution in [3.8, 4) is 6.07 Å². The molecular weight excluding hydrogens is 246 g/mol. The van der Waals surface area contributed by atoms with Gasteiger partial charge < -0.3 is 10.2 Å². The molecule has 1 aromatic rings. The lowest BCUT2D eigenvalue weighted by atomic mass is 10.1. The van der Waals surface area contributed by atoms with Crippen LogP contribution in [0.4, 0.5) is 0 Å². The van der Waals surface area contributed by atoms with Gasteiger partial charge in [-0.05, 0) is 63.1 Å². The van der Waals surface area contributed by atoms with Crippen LogP contribution in [0.25, 0.3) is 0 Å². The second-order valence-electron chi connectivity index (χ2n) is 5.18. The highest BCUT2D eigenvalue weighted by Gasteiger charge is 2.01. The summed E-state index contributed by atoms with van der Waals surface area (Å²) >= 11 is 0. The molecule has 0 aliphatic heterocycles. The van der Waals surface area contributed by atoms with E-state index in [0.717, 1.165) is 18.7 Å². The molecule has 1 rings (SSSR count). The highest BCUT2D eigenvalue weighted by atomic mass is 15.1. The molecule has 20 heavy (non-hydrogen) atoms. The maximum Gasteiger partial charge on any atom is 0.0991 e. The van der Waals surface area contributed by atoms with E-state index in [2.05, 4.69) is 30.1 Å². The Labute approximate surface area is 123 Å². The Bertz CT molecular complexity index is 386. The molecule has 1 aromatic carbocycles. The van der Waals surface area contributed by atoms with Crippen molar-refractivity contribution in [2.24, 2.45) is 0 Å². The third kappa shape index (κ3) is 6.70. The summed E-state index contributed by atoms with van der Waals surface area (Å²) in [6.07, 6.45) is 3.66. The quantitative estimate of drug-likeness (QED) is 0.666. The molecule has 0 saturated carbocycles. The molecule has 0 radical (unpaired) electrons. The molecule has 0 spiro atoms. The van der Waals surface area contributed by atoms with Crippen LogP contribution in [0.2, 0.25) is 0 Å². The van der Waals surface area contributed by atoms with Crippen molar-refractivity contribution in [2.75, 3.05) is 26.2 Å². The monoisotopic (exact) mass is 273 g/mol. The minimum atomic E-state index is 0.725. The molecule has 0 heterocycles. The number of hydrogen-bond donors (Lipinski definition) is 1. The molecule has 3 nitrogen and oxygen atoms in total. The predicted octanol–water partition coefficient (Wildman–Crippen LogP) is 3.16. The highest BCUT2D eigenvalue weighted by Crippen LogP contribution is 2.03. The minimum absolute atomic E-state index is 0.725. The Morgan fingerprint density at radius 3 is 2.25 bits per heavy atom. The molecule has 0 bridgehead atoms. The van der Waals surface area contributed by atoms with Crippen molar-refractivity contribution >= 4 is 0 Å². The summed E-state index contributed by atoms with van der Waals surface area (Å²) < 4.78 is 0. The molecule has 0 aromatic heterocycles. The van der Waals surface area contributed by atoms with Crippen LogP contribution in [0.1, 0.15) is 44.2 Å². The highest BCUT2D eigenvalue weighted by molar-refractivity contribution is 5.31. The average molecular weight is 273 g/mol. The lowest BCUT2D eigenvalue weighted by Crippen LogP contribution is -2.29. The zero-order chi connectivity index (χ0) is 14.6. The van der Waals surface area contributed by atoms with Gasteiger partial charge in [0.05, 0.1) is 11.6 Å². The molecule has 0 aliphatic rings. The molecular formula is C17H27N3. The van der Waals surface area contributed by atoms with E-state index < -0.39 is 0 Å². The summed E-state index contributed by atoms with van der Waals surface area (Å²) in [6.45, 7) is 10.0. The van der Waals surface area contributed by atoms with Gasteiger partial charge in [-0.25, -0.2) is 0 Å². The minimum Gasteiger partial charge on any atom is -0.313 e. The number of benzene rings is 1. The Morgan fingerprint density at radius 1 is 1.05 bits per heavy atom. The number of hydrogen-bond acceptors (Lipinski definition) is 3. The van der Waals surface area contributed by atoms with Crippen molar-refractivity contribution in [3.63, 3.8) is 0 Å². The molecule has 0 saturated heterocycles. The fraction of sp³-hybridized carbons (Fsp3) is 0.588. The lowest BCUT2D eigenvalue weighted by Gasteiger charge is -2.20. The average Bonchev–Trinajstić information content (AvgIpc) is 2.48. The molecule has 0 aliphatic carbocycles. The third-order valence-electron chi connectivity index (χ3n) is 3.32. The van der Waals surface area contributed by atoms with Crippen LogP contribution in [0, 0.1) is 11.3 Å². The Kier molecular flexibility index (Phi) is 8.69. The van der Waals surface area contributed by atoms with Crippen molar-refractivity contribution in [1.82, 2.24) is 10.2 Å². The first-order valence-electron chi connectivity index (χ1n) is 7.72. The molecule has 1 N–H and O–H groups in total. The van der Waals surface area contributed by atoms with Crippen LogP contribution >= 0.6 is 0 Å². The van der Waals surface area contributed by atoms with E-state index in [1.165, 1.54) is 44.5 Å². The van der Waals surface area contributed by atoms with Gasteiger partial charge in [0.1, 0.15) is 0 Å². The maximum absolute atomic E-state index is 8.74. The first-order chi connectivity index (χ1) is 9.80. The first-order valence-corrected chi connectivity index (χ1v) is 7.72. The smallest absolute Gasteiger partial charge is 0.0991 e. The van der Waals surface area contributed by atoms with Gasteiger partial charge in [-0.2, -0.15) is 5.26 Å². The molecule has 0 atom stereocenters. The molecule has 0 fully saturated rings. The van der Waals surface area contributed by atoms with E-state index in [4.69, 9.17) is 5.26 Å². The fourth-order valence-electron chi connectivity index (χ4n) is 2.33. The standard InChI is InChI=1S/C17H27N3/c1-3-11-20(12-4-2)13-5-10-19-15-17-8-6-16(14-18)7-9-17/h6-9,19H,3-5,10-13,15H2,1-2H3. The van der Waals surface area contributed by atoms with Crippen LogP contribution in [0.5, 0.6) is 0 Å². The summed E-state index contributed by atoms with van der Waals surface area (Å²) in [5.74, 6) is 0. The normalized spacial score (nSPS) is 10.7. The number of rotatable bonds is 10. The van der Waals surface area contributed by atoms with Gasteiger partial charge in [0.25, 0.3) is 0 Å². The van der Waals surface area contributed by atoms with Gasteiger partial charge in [0.15, 0.2) is 0 Å². The van der Waals surface area contributed by atoms with Crippen molar-refractivity contribution in [1.29, 1.82) is 5.26 Å². The zero-order valence-corrected chi connectivity index (χ0v) is 12.9. The van der Waals surface area contributed by atoms with Gasteiger partial charge in [-0.3, -0.25) is 0 Å². The Balaban J connectivity index is 2.15. The van der Waals surface area contributed by atoms with Crippen LogP contribution < -0.4 is 5.32 Å². The van der Waals surface area contributed by atoms with Crippen molar-refractivity contribution < 1.29 is 0 Å². The van der Waals surface area contributed by atoms with E-state index >= 15 is 0 Å². The lowest BCUT2D eigenvalue weighted by molar-refractivity contribution is 0.270. The Morgan fingerprint density at radius 2 is 1.70 bits per heavy atom. The van der Waals surface area contributed by atoms with Gasteiger partial charge in [-0.1, -0.05) is 26.0 Å². The molecule has 0 amide bonds.